The van der Waals surface area contributed by atoms with Crippen LogP contribution in [0.5, 0.6) is 0 Å². The molecule has 0 unspecified atom stereocenters. The Bertz CT molecular complexity index is 263. The second-order valence-corrected chi connectivity index (χ2v) is 6.32. The van der Waals surface area contributed by atoms with Gasteiger partial charge in [0.2, 0.25) is 0 Å². The second-order valence-electron chi connectivity index (χ2n) is 6.32. The SMILES string of the molecule is C[C@@H](CCC[N+]12CC[N+](C)(CC1)CC2)N=CN. The molecule has 0 aromatic carbocycles. The quantitative estimate of drug-likeness (QED) is 0.422. The monoisotopic (exact) mass is 240 g/mol. The minimum Gasteiger partial charge on any atom is -0.390 e. The lowest BCUT2D eigenvalue weighted by Gasteiger charge is -2.54. The Hall–Kier alpha value is -0.610. The molecule has 17 heavy (non-hydrogen) atoms. The summed E-state index contributed by atoms with van der Waals surface area (Å²) in [4.78, 5) is 4.22. The Kier molecular flexibility index (Phi) is 3.73. The van der Waals surface area contributed by atoms with Gasteiger partial charge in [-0.1, -0.05) is 0 Å². The van der Waals surface area contributed by atoms with Crippen LogP contribution in [0, 0.1) is 0 Å². The third-order valence-corrected chi connectivity index (χ3v) is 4.94. The van der Waals surface area contributed by atoms with Crippen molar-refractivity contribution in [3.8, 4) is 0 Å². The van der Waals surface area contributed by atoms with Gasteiger partial charge < -0.3 is 14.7 Å². The zero-order chi connectivity index (χ0) is 12.4. The predicted molar refractivity (Wildman–Crippen MR) is 71.9 cm³/mol. The van der Waals surface area contributed by atoms with Crippen molar-refractivity contribution < 1.29 is 8.97 Å². The van der Waals surface area contributed by atoms with Gasteiger partial charge in [-0.05, 0) is 19.8 Å². The van der Waals surface area contributed by atoms with Crippen molar-refractivity contribution in [1.29, 1.82) is 0 Å². The van der Waals surface area contributed by atoms with Crippen molar-refractivity contribution in [2.45, 2.75) is 25.8 Å². The molecule has 0 aliphatic carbocycles. The van der Waals surface area contributed by atoms with Gasteiger partial charge in [-0.2, -0.15) is 0 Å². The van der Waals surface area contributed by atoms with E-state index in [9.17, 15) is 0 Å². The number of aliphatic imine (C=N–C) groups is 1. The van der Waals surface area contributed by atoms with Crippen LogP contribution in [0.4, 0.5) is 0 Å². The van der Waals surface area contributed by atoms with Gasteiger partial charge in [-0.3, -0.25) is 4.99 Å². The summed E-state index contributed by atoms with van der Waals surface area (Å²) in [6.45, 7) is 11.8. The maximum absolute atomic E-state index is 5.32. The third kappa shape index (κ3) is 2.99. The second kappa shape index (κ2) is 4.94. The summed E-state index contributed by atoms with van der Waals surface area (Å²) in [7, 11) is 2.42. The normalized spacial score (nSPS) is 38.7. The first-order valence-electron chi connectivity index (χ1n) is 7.00. The summed E-state index contributed by atoms with van der Waals surface area (Å²) in [6, 6.07) is 0.397. The molecule has 2 bridgehead atoms. The van der Waals surface area contributed by atoms with Crippen LogP contribution in [-0.2, 0) is 0 Å². The van der Waals surface area contributed by atoms with E-state index in [1.807, 2.05) is 0 Å². The highest BCUT2D eigenvalue weighted by Crippen LogP contribution is 2.25. The molecule has 0 aromatic heterocycles. The zero-order valence-electron chi connectivity index (χ0n) is 11.4. The molecule has 0 radical (unpaired) electrons. The van der Waals surface area contributed by atoms with Crippen LogP contribution in [0.2, 0.25) is 0 Å². The molecule has 0 spiro atoms. The Balaban J connectivity index is 1.76. The zero-order valence-corrected chi connectivity index (χ0v) is 11.4. The molecule has 3 rings (SSSR count). The highest BCUT2D eigenvalue weighted by atomic mass is 15.5. The predicted octanol–water partition coefficient (Wildman–Crippen LogP) is 0.433. The minimum atomic E-state index is 0.397. The molecule has 3 aliphatic rings. The first-order valence-corrected chi connectivity index (χ1v) is 7.00. The van der Waals surface area contributed by atoms with Crippen molar-refractivity contribution in [2.75, 3.05) is 52.9 Å². The summed E-state index contributed by atoms with van der Waals surface area (Å²) < 4.78 is 2.71. The molecule has 3 fully saturated rings. The first-order chi connectivity index (χ1) is 8.08. The Morgan fingerprint density at radius 1 is 1.18 bits per heavy atom. The number of rotatable bonds is 5. The summed E-state index contributed by atoms with van der Waals surface area (Å²) in [5, 5.41) is 0. The van der Waals surface area contributed by atoms with E-state index < -0.39 is 0 Å². The molecular formula is C13H28N4+2. The standard InChI is InChI=1S/C13H28N4/c1-13(15-12-14)4-3-5-17-9-6-16(2,7-10-17)8-11-17/h12-13H,3-11H2,1-2H3,(H2,14,15)/q+2/t13-,16?,17?/m0/s1. The summed E-state index contributed by atoms with van der Waals surface area (Å²) in [5.41, 5.74) is 5.32. The summed E-state index contributed by atoms with van der Waals surface area (Å²) >= 11 is 0. The maximum Gasteiger partial charge on any atom is 0.129 e. The Labute approximate surface area is 105 Å². The maximum atomic E-state index is 5.32. The number of quaternary nitrogens is 2. The fraction of sp³-hybridized carbons (Fsp3) is 0.923. The highest BCUT2D eigenvalue weighted by molar-refractivity contribution is 5.51. The lowest BCUT2D eigenvalue weighted by molar-refractivity contribution is -1.07. The lowest BCUT2D eigenvalue weighted by Crippen LogP contribution is -2.73. The molecule has 4 nitrogen and oxygen atoms in total. The summed E-state index contributed by atoms with van der Waals surface area (Å²) in [6.07, 6.45) is 3.92. The number of hydrogen-bond acceptors (Lipinski definition) is 1. The van der Waals surface area contributed by atoms with Crippen LogP contribution in [0.15, 0.2) is 4.99 Å². The van der Waals surface area contributed by atoms with Crippen molar-refractivity contribution in [3.63, 3.8) is 0 Å². The summed E-state index contributed by atoms with van der Waals surface area (Å²) in [5.74, 6) is 0. The minimum absolute atomic E-state index is 0.397. The molecule has 3 heterocycles. The molecule has 1 atom stereocenters. The van der Waals surface area contributed by atoms with Gasteiger partial charge in [-0.15, -0.1) is 0 Å². The first kappa shape index (κ1) is 12.8. The van der Waals surface area contributed by atoms with E-state index in [1.165, 1.54) is 74.0 Å². The molecule has 4 heteroatoms. The number of fused-ring (bicyclic) bond motifs is 3. The van der Waals surface area contributed by atoms with Crippen LogP contribution in [0.1, 0.15) is 19.8 Å². The van der Waals surface area contributed by atoms with E-state index >= 15 is 0 Å². The van der Waals surface area contributed by atoms with Crippen LogP contribution in [0.25, 0.3) is 0 Å². The molecule has 3 saturated heterocycles. The van der Waals surface area contributed by atoms with Gasteiger partial charge in [0.15, 0.2) is 0 Å². The number of piperazine rings is 3. The van der Waals surface area contributed by atoms with Gasteiger partial charge in [0.05, 0.1) is 19.9 Å². The lowest BCUT2D eigenvalue weighted by atomic mass is 10.1. The number of nitrogens with two attached hydrogens (primary N) is 1. The van der Waals surface area contributed by atoms with Crippen molar-refractivity contribution >= 4 is 6.34 Å². The van der Waals surface area contributed by atoms with E-state index in [0.29, 0.717) is 6.04 Å². The topological polar surface area (TPSA) is 38.4 Å². The van der Waals surface area contributed by atoms with Gasteiger partial charge in [0, 0.05) is 6.04 Å². The van der Waals surface area contributed by atoms with Crippen LogP contribution < -0.4 is 5.73 Å². The highest BCUT2D eigenvalue weighted by Gasteiger charge is 2.46. The van der Waals surface area contributed by atoms with Crippen molar-refractivity contribution in [2.24, 2.45) is 10.7 Å². The van der Waals surface area contributed by atoms with Crippen LogP contribution in [0.3, 0.4) is 0 Å². The van der Waals surface area contributed by atoms with E-state index in [1.54, 1.807) is 0 Å². The van der Waals surface area contributed by atoms with Gasteiger partial charge in [-0.25, -0.2) is 0 Å². The average Bonchev–Trinajstić information content (AvgIpc) is 2.32. The fourth-order valence-electron chi connectivity index (χ4n) is 3.31. The molecule has 2 N–H and O–H groups in total. The van der Waals surface area contributed by atoms with E-state index in [-0.39, 0.29) is 0 Å². The van der Waals surface area contributed by atoms with Crippen molar-refractivity contribution in [1.82, 2.24) is 0 Å². The van der Waals surface area contributed by atoms with Crippen LogP contribution >= 0.6 is 0 Å². The number of likely N-dealkylation sites (N-methyl/N-ethyl adjacent to an activating group) is 1. The fourth-order valence-corrected chi connectivity index (χ4v) is 3.31. The van der Waals surface area contributed by atoms with E-state index in [0.717, 1.165) is 0 Å². The smallest absolute Gasteiger partial charge is 0.129 e. The molecule has 0 aromatic rings. The van der Waals surface area contributed by atoms with Crippen molar-refractivity contribution in [3.05, 3.63) is 0 Å². The molecule has 98 valence electrons. The number of hydrogen-bond donors (Lipinski definition) is 1. The molecule has 0 saturated carbocycles. The average molecular weight is 240 g/mol. The van der Waals surface area contributed by atoms with Gasteiger partial charge in [0.25, 0.3) is 0 Å². The largest absolute Gasteiger partial charge is 0.390 e. The van der Waals surface area contributed by atoms with Gasteiger partial charge >= 0.3 is 0 Å². The molecule has 3 aliphatic heterocycles. The van der Waals surface area contributed by atoms with Gasteiger partial charge in [0.1, 0.15) is 39.3 Å². The Morgan fingerprint density at radius 3 is 2.29 bits per heavy atom. The molecule has 0 amide bonds. The van der Waals surface area contributed by atoms with Crippen LogP contribution in [-0.4, -0.2) is 74.2 Å². The van der Waals surface area contributed by atoms with E-state index in [4.69, 9.17) is 5.73 Å². The third-order valence-electron chi connectivity index (χ3n) is 4.94. The number of nitrogens with zero attached hydrogens (tertiary/aromatic N) is 3. The Morgan fingerprint density at radius 2 is 1.76 bits per heavy atom. The molecular weight excluding hydrogens is 212 g/mol. The van der Waals surface area contributed by atoms with E-state index in [2.05, 4.69) is 19.0 Å².